The van der Waals surface area contributed by atoms with Gasteiger partial charge >= 0.3 is 0 Å². The van der Waals surface area contributed by atoms with Gasteiger partial charge in [-0.05, 0) is 38.3 Å². The Bertz CT molecular complexity index is 345. The van der Waals surface area contributed by atoms with Crippen LogP contribution in [-0.2, 0) is 6.42 Å². The third-order valence-corrected chi connectivity index (χ3v) is 2.97. The zero-order valence-electron chi connectivity index (χ0n) is 11.0. The summed E-state index contributed by atoms with van der Waals surface area (Å²) in [7, 11) is 0. The highest BCUT2D eigenvalue weighted by Gasteiger charge is 2.07. The molecule has 1 aromatic carbocycles. The smallest absolute Gasteiger partial charge is 0.0108 e. The molecule has 1 unspecified atom stereocenters. The number of hydrogen-bond donors (Lipinski definition) is 1. The molecule has 1 aromatic rings. The molecular formula is C16H23N. The Morgan fingerprint density at radius 2 is 2.00 bits per heavy atom. The van der Waals surface area contributed by atoms with E-state index < -0.39 is 0 Å². The highest BCUT2D eigenvalue weighted by atomic mass is 14.9. The Kier molecular flexibility index (Phi) is 6.43. The van der Waals surface area contributed by atoms with Crippen molar-refractivity contribution in [2.45, 2.75) is 45.6 Å². The van der Waals surface area contributed by atoms with Crippen molar-refractivity contribution in [3.63, 3.8) is 0 Å². The van der Waals surface area contributed by atoms with Crippen molar-refractivity contribution >= 4 is 0 Å². The molecule has 1 nitrogen and oxygen atoms in total. The van der Waals surface area contributed by atoms with Gasteiger partial charge < -0.3 is 5.32 Å². The first-order chi connectivity index (χ1) is 8.26. The summed E-state index contributed by atoms with van der Waals surface area (Å²) in [5, 5.41) is 3.54. The second kappa shape index (κ2) is 7.92. The monoisotopic (exact) mass is 229 g/mol. The molecule has 0 saturated heterocycles. The zero-order valence-corrected chi connectivity index (χ0v) is 11.0. The minimum absolute atomic E-state index is 0.552. The average molecular weight is 229 g/mol. The molecule has 0 heterocycles. The summed E-state index contributed by atoms with van der Waals surface area (Å²) < 4.78 is 0. The number of likely N-dealkylation sites (N-methyl/N-ethyl adjacent to an activating group) is 1. The summed E-state index contributed by atoms with van der Waals surface area (Å²) >= 11 is 0. The lowest BCUT2D eigenvalue weighted by Crippen LogP contribution is -2.30. The molecule has 1 atom stereocenters. The van der Waals surface area contributed by atoms with Crippen LogP contribution in [0.4, 0.5) is 0 Å². The van der Waals surface area contributed by atoms with Crippen molar-refractivity contribution in [3.05, 3.63) is 35.4 Å². The van der Waals surface area contributed by atoms with Crippen molar-refractivity contribution < 1.29 is 0 Å². The van der Waals surface area contributed by atoms with E-state index in [-0.39, 0.29) is 0 Å². The van der Waals surface area contributed by atoms with Crippen molar-refractivity contribution in [1.82, 2.24) is 5.32 Å². The van der Waals surface area contributed by atoms with Gasteiger partial charge in [-0.3, -0.25) is 0 Å². The normalized spacial score (nSPS) is 12.1. The van der Waals surface area contributed by atoms with E-state index in [1.54, 1.807) is 0 Å². The number of aryl methyl sites for hydroxylation is 1. The molecule has 1 heteroatoms. The van der Waals surface area contributed by atoms with Crippen molar-refractivity contribution in [2.75, 3.05) is 6.54 Å². The van der Waals surface area contributed by atoms with Crippen molar-refractivity contribution in [2.24, 2.45) is 0 Å². The number of hydrogen-bond acceptors (Lipinski definition) is 1. The van der Waals surface area contributed by atoms with Gasteiger partial charge in [0.25, 0.3) is 0 Å². The Labute approximate surface area is 106 Å². The minimum Gasteiger partial charge on any atom is -0.314 e. The molecular weight excluding hydrogens is 206 g/mol. The maximum Gasteiger partial charge on any atom is 0.0108 e. The molecule has 92 valence electrons. The fraction of sp³-hybridized carbons (Fsp3) is 0.500. The van der Waals surface area contributed by atoms with Crippen LogP contribution in [0.25, 0.3) is 0 Å². The van der Waals surface area contributed by atoms with Gasteiger partial charge in [0.15, 0.2) is 0 Å². The zero-order chi connectivity index (χ0) is 12.5. The fourth-order valence-corrected chi connectivity index (χ4v) is 2.02. The maximum atomic E-state index is 5.29. The number of unbranched alkanes of at least 4 members (excludes halogenated alkanes) is 1. The van der Waals surface area contributed by atoms with Crippen LogP contribution in [0.2, 0.25) is 0 Å². The van der Waals surface area contributed by atoms with Crippen molar-refractivity contribution in [3.8, 4) is 12.3 Å². The van der Waals surface area contributed by atoms with Gasteiger partial charge in [0.1, 0.15) is 0 Å². The van der Waals surface area contributed by atoms with Gasteiger partial charge in [-0.1, -0.05) is 36.8 Å². The molecule has 0 spiro atoms. The second-order valence-electron chi connectivity index (χ2n) is 4.54. The van der Waals surface area contributed by atoms with Gasteiger partial charge in [0, 0.05) is 12.5 Å². The number of nitrogens with one attached hydrogen (secondary N) is 1. The quantitative estimate of drug-likeness (QED) is 0.558. The molecule has 0 saturated carbocycles. The van der Waals surface area contributed by atoms with E-state index in [4.69, 9.17) is 6.42 Å². The Morgan fingerprint density at radius 3 is 2.59 bits per heavy atom. The van der Waals surface area contributed by atoms with Crippen LogP contribution in [0, 0.1) is 19.3 Å². The number of rotatable bonds is 7. The Balaban J connectivity index is 2.47. The minimum atomic E-state index is 0.552. The fourth-order valence-electron chi connectivity index (χ4n) is 2.02. The first kappa shape index (κ1) is 13.8. The molecule has 1 N–H and O–H groups in total. The van der Waals surface area contributed by atoms with Crippen LogP contribution >= 0.6 is 0 Å². The van der Waals surface area contributed by atoms with E-state index in [9.17, 15) is 0 Å². The predicted molar refractivity (Wildman–Crippen MR) is 75.0 cm³/mol. The van der Waals surface area contributed by atoms with Crippen LogP contribution in [0.15, 0.2) is 24.3 Å². The first-order valence-corrected chi connectivity index (χ1v) is 6.48. The molecule has 0 aliphatic carbocycles. The molecule has 0 radical (unpaired) electrons. The van der Waals surface area contributed by atoms with Gasteiger partial charge in [-0.2, -0.15) is 0 Å². The molecule has 1 rings (SSSR count). The van der Waals surface area contributed by atoms with Gasteiger partial charge in [0.05, 0.1) is 0 Å². The molecule has 0 amide bonds. The van der Waals surface area contributed by atoms with Crippen LogP contribution in [0.1, 0.15) is 37.3 Å². The molecule has 17 heavy (non-hydrogen) atoms. The summed E-state index contributed by atoms with van der Waals surface area (Å²) in [4.78, 5) is 0. The number of benzene rings is 1. The van der Waals surface area contributed by atoms with E-state index in [2.05, 4.69) is 49.4 Å². The van der Waals surface area contributed by atoms with E-state index in [1.165, 1.54) is 11.1 Å². The van der Waals surface area contributed by atoms with E-state index in [0.29, 0.717) is 6.04 Å². The van der Waals surface area contributed by atoms with E-state index in [1.807, 2.05) is 0 Å². The van der Waals surface area contributed by atoms with Crippen LogP contribution in [0.5, 0.6) is 0 Å². The third kappa shape index (κ3) is 5.56. The lowest BCUT2D eigenvalue weighted by atomic mass is 10.00. The van der Waals surface area contributed by atoms with Gasteiger partial charge in [-0.25, -0.2) is 0 Å². The van der Waals surface area contributed by atoms with Crippen LogP contribution in [-0.4, -0.2) is 12.6 Å². The third-order valence-electron chi connectivity index (χ3n) is 2.97. The molecule has 0 aromatic heterocycles. The lowest BCUT2D eigenvalue weighted by molar-refractivity contribution is 0.479. The molecule has 0 bridgehead atoms. The van der Waals surface area contributed by atoms with E-state index >= 15 is 0 Å². The first-order valence-electron chi connectivity index (χ1n) is 6.48. The maximum absolute atomic E-state index is 5.29. The van der Waals surface area contributed by atoms with Gasteiger partial charge in [0.2, 0.25) is 0 Å². The van der Waals surface area contributed by atoms with Gasteiger partial charge in [-0.15, -0.1) is 12.3 Å². The summed E-state index contributed by atoms with van der Waals surface area (Å²) in [6, 6.07) is 9.36. The summed E-state index contributed by atoms with van der Waals surface area (Å²) in [5.74, 6) is 2.71. The Hall–Kier alpha value is -1.26. The Morgan fingerprint density at radius 1 is 1.29 bits per heavy atom. The van der Waals surface area contributed by atoms with E-state index in [0.717, 1.165) is 32.2 Å². The molecule has 0 aliphatic rings. The molecule has 0 aliphatic heterocycles. The molecule has 0 fully saturated rings. The largest absolute Gasteiger partial charge is 0.314 e. The highest BCUT2D eigenvalue weighted by Crippen LogP contribution is 2.10. The topological polar surface area (TPSA) is 12.0 Å². The van der Waals surface area contributed by atoms with Crippen LogP contribution in [0.3, 0.4) is 0 Å². The number of terminal acetylenes is 1. The summed E-state index contributed by atoms with van der Waals surface area (Å²) in [5.41, 5.74) is 2.73. The second-order valence-corrected chi connectivity index (χ2v) is 4.54. The summed E-state index contributed by atoms with van der Waals surface area (Å²) in [6.07, 6.45) is 9.54. The van der Waals surface area contributed by atoms with Crippen molar-refractivity contribution in [1.29, 1.82) is 0 Å². The average Bonchev–Trinajstić information content (AvgIpc) is 2.32. The lowest BCUT2D eigenvalue weighted by Gasteiger charge is -2.17. The summed E-state index contributed by atoms with van der Waals surface area (Å²) in [6.45, 7) is 5.30. The van der Waals surface area contributed by atoms with Crippen LogP contribution < -0.4 is 5.32 Å². The SMILES string of the molecule is C#CCCCC(Cc1ccc(C)cc1)NCC. The highest BCUT2D eigenvalue weighted by molar-refractivity contribution is 5.22. The predicted octanol–water partition coefficient (Wildman–Crippen LogP) is 3.32. The standard InChI is InChI=1S/C16H23N/c1-4-6-7-8-16(17-5-2)13-15-11-9-14(3)10-12-15/h1,9-12,16-17H,5-8,13H2,2-3H3.